The molecule has 0 bridgehead atoms. The molecule has 224 valence electrons. The zero-order valence-electron chi connectivity index (χ0n) is 26.8. The largest absolute Gasteiger partial charge is 0.256 e. The monoisotopic (exact) mass is 532 g/mol. The molecule has 0 aliphatic rings. The predicted molar refractivity (Wildman–Crippen MR) is 170 cm³/mol. The van der Waals surface area contributed by atoms with Gasteiger partial charge in [0.05, 0.1) is 13.1 Å². The Morgan fingerprint density at radius 1 is 0.447 bits per heavy atom. The third-order valence-electron chi connectivity index (χ3n) is 8.60. The lowest BCUT2D eigenvalue weighted by molar-refractivity contribution is -0.704. The number of nitrogens with zero attached hydrogens (tertiary/aromatic N) is 2. The van der Waals surface area contributed by atoms with E-state index in [4.69, 9.17) is 0 Å². The number of hydrogen-bond donors (Lipinski definition) is 0. The number of aryl methyl sites for hydroxylation is 2. The van der Waals surface area contributed by atoms with Crippen LogP contribution in [0, 0.1) is 0 Å². The summed E-state index contributed by atoms with van der Waals surface area (Å²) in [7, 11) is 0. The van der Waals surface area contributed by atoms with Crippen LogP contribution in [0.4, 0.5) is 0 Å². The van der Waals surface area contributed by atoms with E-state index in [2.05, 4.69) is 42.3 Å². The molecule has 0 aromatic carbocycles. The molecular weight excluding hydrogens is 460 g/mol. The maximum absolute atomic E-state index is 2.60. The van der Waals surface area contributed by atoms with Gasteiger partial charge in [0, 0.05) is 6.42 Å². The first-order valence-electron chi connectivity index (χ1n) is 17.9. The number of hydrogen-bond acceptors (Lipinski definition) is 0. The van der Waals surface area contributed by atoms with Crippen LogP contribution in [0.15, 0.2) is 12.4 Å². The molecule has 0 amide bonds. The standard InChI is InChI=1S/C36H71N2/c1-4-7-10-12-14-16-17-18-19-20-21-22-23-24-26-28-30-33-38-35-34-37(32-9-6-3)36(38)31-29-27-25-15-13-11-8-5-2/h34-35H,4-33H2,1-3H3/q+1. The zero-order chi connectivity index (χ0) is 27.4. The second-order valence-electron chi connectivity index (χ2n) is 12.3. The van der Waals surface area contributed by atoms with Crippen LogP contribution in [0.25, 0.3) is 0 Å². The molecule has 0 aliphatic carbocycles. The summed E-state index contributed by atoms with van der Waals surface area (Å²) in [4.78, 5) is 0. The lowest BCUT2D eigenvalue weighted by atomic mass is 10.0. The number of unbranched alkanes of at least 4 members (excludes halogenated alkanes) is 24. The van der Waals surface area contributed by atoms with E-state index in [0.29, 0.717) is 0 Å². The summed E-state index contributed by atoms with van der Waals surface area (Å²) in [6, 6.07) is 0. The summed E-state index contributed by atoms with van der Waals surface area (Å²) in [6.07, 6.45) is 44.5. The fourth-order valence-electron chi connectivity index (χ4n) is 5.94. The molecule has 0 unspecified atom stereocenters. The third kappa shape index (κ3) is 20.2. The Morgan fingerprint density at radius 2 is 0.816 bits per heavy atom. The first-order valence-corrected chi connectivity index (χ1v) is 17.9. The van der Waals surface area contributed by atoms with Crippen molar-refractivity contribution in [1.82, 2.24) is 4.57 Å². The van der Waals surface area contributed by atoms with Crippen LogP contribution >= 0.6 is 0 Å². The molecule has 2 nitrogen and oxygen atoms in total. The Bertz CT molecular complexity index is 590. The Morgan fingerprint density at radius 3 is 1.24 bits per heavy atom. The van der Waals surface area contributed by atoms with E-state index in [0.717, 1.165) is 0 Å². The van der Waals surface area contributed by atoms with Gasteiger partial charge in [0.25, 0.3) is 5.82 Å². The Hall–Kier alpha value is -0.790. The van der Waals surface area contributed by atoms with E-state index in [9.17, 15) is 0 Å². The van der Waals surface area contributed by atoms with Crippen molar-refractivity contribution in [2.24, 2.45) is 0 Å². The van der Waals surface area contributed by atoms with Crippen molar-refractivity contribution in [3.8, 4) is 0 Å². The Kier molecular flexibility index (Phi) is 25.7. The van der Waals surface area contributed by atoms with Gasteiger partial charge in [-0.3, -0.25) is 0 Å². The van der Waals surface area contributed by atoms with Crippen LogP contribution < -0.4 is 4.57 Å². The summed E-state index contributed by atoms with van der Waals surface area (Å²) < 4.78 is 5.17. The summed E-state index contributed by atoms with van der Waals surface area (Å²) in [6.45, 7) is 9.36. The molecule has 38 heavy (non-hydrogen) atoms. The predicted octanol–water partition coefficient (Wildman–Crippen LogP) is 11.9. The summed E-state index contributed by atoms with van der Waals surface area (Å²) in [5.41, 5.74) is 0. The molecule has 0 fully saturated rings. The van der Waals surface area contributed by atoms with Crippen molar-refractivity contribution in [1.29, 1.82) is 0 Å². The topological polar surface area (TPSA) is 8.81 Å². The maximum Gasteiger partial charge on any atom is 0.256 e. The third-order valence-corrected chi connectivity index (χ3v) is 8.60. The quantitative estimate of drug-likeness (QED) is 0.0689. The molecule has 1 aromatic heterocycles. The van der Waals surface area contributed by atoms with Crippen LogP contribution in [0.3, 0.4) is 0 Å². The van der Waals surface area contributed by atoms with Crippen molar-refractivity contribution < 1.29 is 4.57 Å². The molecular formula is C36H71N2+. The highest BCUT2D eigenvalue weighted by atomic mass is 15.1. The van der Waals surface area contributed by atoms with Crippen LogP contribution in [0.5, 0.6) is 0 Å². The second kappa shape index (κ2) is 27.8. The lowest BCUT2D eigenvalue weighted by Gasteiger charge is -2.06. The molecule has 0 saturated carbocycles. The van der Waals surface area contributed by atoms with Crippen LogP contribution in [0.1, 0.15) is 200 Å². The number of imidazole rings is 1. The summed E-state index contributed by atoms with van der Waals surface area (Å²) >= 11 is 0. The minimum absolute atomic E-state index is 1.20. The van der Waals surface area contributed by atoms with Gasteiger partial charge < -0.3 is 0 Å². The van der Waals surface area contributed by atoms with E-state index >= 15 is 0 Å². The van der Waals surface area contributed by atoms with Crippen molar-refractivity contribution >= 4 is 0 Å². The van der Waals surface area contributed by atoms with Crippen molar-refractivity contribution in [3.63, 3.8) is 0 Å². The molecule has 1 rings (SSSR count). The van der Waals surface area contributed by atoms with Gasteiger partial charge in [0.2, 0.25) is 0 Å². The maximum atomic E-state index is 2.60. The number of rotatable bonds is 30. The van der Waals surface area contributed by atoms with E-state index in [1.807, 2.05) is 0 Å². The van der Waals surface area contributed by atoms with Gasteiger partial charge in [-0.15, -0.1) is 0 Å². The minimum atomic E-state index is 1.20. The van der Waals surface area contributed by atoms with Crippen LogP contribution in [0.2, 0.25) is 0 Å². The second-order valence-corrected chi connectivity index (χ2v) is 12.3. The molecule has 1 aromatic rings. The molecule has 2 heteroatoms. The molecule has 0 spiro atoms. The van der Waals surface area contributed by atoms with Gasteiger partial charge in [0.1, 0.15) is 12.4 Å². The molecule has 0 atom stereocenters. The van der Waals surface area contributed by atoms with Crippen molar-refractivity contribution in [3.05, 3.63) is 18.2 Å². The van der Waals surface area contributed by atoms with E-state index in [1.54, 1.807) is 5.82 Å². The first kappa shape index (κ1) is 35.2. The van der Waals surface area contributed by atoms with Crippen LogP contribution in [-0.4, -0.2) is 4.57 Å². The highest BCUT2D eigenvalue weighted by molar-refractivity contribution is 4.84. The Balaban J connectivity index is 2.06. The average Bonchev–Trinajstić information content (AvgIpc) is 3.31. The smallest absolute Gasteiger partial charge is 0.234 e. The van der Waals surface area contributed by atoms with Crippen molar-refractivity contribution in [2.45, 2.75) is 214 Å². The molecule has 1 heterocycles. The average molecular weight is 532 g/mol. The van der Waals surface area contributed by atoms with Gasteiger partial charge in [0.15, 0.2) is 0 Å². The van der Waals surface area contributed by atoms with Gasteiger partial charge in [-0.1, -0.05) is 168 Å². The number of aromatic nitrogens is 2. The fraction of sp³-hybridized carbons (Fsp3) is 0.917. The van der Waals surface area contributed by atoms with Gasteiger partial charge in [-0.2, -0.15) is 0 Å². The fourth-order valence-corrected chi connectivity index (χ4v) is 5.94. The molecule has 0 radical (unpaired) electrons. The zero-order valence-corrected chi connectivity index (χ0v) is 26.8. The molecule has 0 N–H and O–H groups in total. The SMILES string of the molecule is CCCCCCCCCCCCCCCCCCC[n+]1ccn(CCCC)c1CCCCCCCCCC. The Labute approximate surface area is 240 Å². The van der Waals surface area contributed by atoms with Crippen molar-refractivity contribution in [2.75, 3.05) is 0 Å². The van der Waals surface area contributed by atoms with E-state index in [-0.39, 0.29) is 0 Å². The highest BCUT2D eigenvalue weighted by Crippen LogP contribution is 2.15. The highest BCUT2D eigenvalue weighted by Gasteiger charge is 2.16. The van der Waals surface area contributed by atoms with Gasteiger partial charge in [-0.05, 0) is 25.7 Å². The van der Waals surface area contributed by atoms with Gasteiger partial charge >= 0.3 is 0 Å². The minimum Gasteiger partial charge on any atom is -0.234 e. The van der Waals surface area contributed by atoms with E-state index in [1.165, 1.54) is 193 Å². The lowest BCUT2D eigenvalue weighted by Crippen LogP contribution is -2.37. The molecule has 0 saturated heterocycles. The van der Waals surface area contributed by atoms with Gasteiger partial charge in [-0.25, -0.2) is 9.13 Å². The summed E-state index contributed by atoms with van der Waals surface area (Å²) in [5.74, 6) is 1.60. The first-order chi connectivity index (χ1) is 18.8. The normalized spacial score (nSPS) is 11.6. The summed E-state index contributed by atoms with van der Waals surface area (Å²) in [5, 5.41) is 0. The van der Waals surface area contributed by atoms with Crippen LogP contribution in [-0.2, 0) is 19.5 Å². The molecule has 0 aliphatic heterocycles. The van der Waals surface area contributed by atoms with E-state index < -0.39 is 0 Å².